The zero-order valence-corrected chi connectivity index (χ0v) is 15.8. The number of hydrogen-bond donors (Lipinski definition) is 1. The van der Waals surface area contributed by atoms with Gasteiger partial charge < -0.3 is 5.32 Å². The Morgan fingerprint density at radius 2 is 1.60 bits per heavy atom. The summed E-state index contributed by atoms with van der Waals surface area (Å²) in [5, 5.41) is 7.27. The maximum atomic E-state index is 11.1. The lowest BCUT2D eigenvalue weighted by Gasteiger charge is -2.30. The summed E-state index contributed by atoms with van der Waals surface area (Å²) in [6.45, 7) is 1.54. The number of amides is 1. The van der Waals surface area contributed by atoms with Gasteiger partial charge in [0, 0.05) is 13.1 Å². The van der Waals surface area contributed by atoms with Crippen LogP contribution in [0.1, 0.15) is 90.0 Å². The lowest BCUT2D eigenvalue weighted by molar-refractivity contribution is -0.114. The van der Waals surface area contributed by atoms with Crippen molar-refractivity contribution in [2.24, 2.45) is 0 Å². The van der Waals surface area contributed by atoms with Gasteiger partial charge in [0.05, 0.1) is 17.9 Å². The van der Waals surface area contributed by atoms with Crippen LogP contribution in [0.2, 0.25) is 11.6 Å². The van der Waals surface area contributed by atoms with Crippen molar-refractivity contribution < 1.29 is 4.79 Å². The van der Waals surface area contributed by atoms with Crippen LogP contribution in [0.25, 0.3) is 0 Å². The van der Waals surface area contributed by atoms with Crippen LogP contribution in [0.3, 0.4) is 0 Å². The highest BCUT2D eigenvalue weighted by Gasteiger charge is 2.26. The van der Waals surface area contributed by atoms with E-state index >= 15 is 0 Å². The van der Waals surface area contributed by atoms with Crippen LogP contribution >= 0.6 is 0 Å². The van der Waals surface area contributed by atoms with E-state index in [1.165, 1.54) is 84.0 Å². The van der Waals surface area contributed by atoms with E-state index in [1.54, 1.807) is 6.20 Å². The Labute approximate surface area is 153 Å². The van der Waals surface area contributed by atoms with Crippen molar-refractivity contribution in [2.45, 2.75) is 102 Å². The summed E-state index contributed by atoms with van der Waals surface area (Å²) in [6.07, 6.45) is 20.2. The highest BCUT2D eigenvalue weighted by Crippen LogP contribution is 2.39. The van der Waals surface area contributed by atoms with E-state index in [1.807, 2.05) is 6.20 Å². The Morgan fingerprint density at radius 3 is 2.24 bits per heavy atom. The van der Waals surface area contributed by atoms with Gasteiger partial charge in [0.1, 0.15) is 7.28 Å². The van der Waals surface area contributed by atoms with Crippen molar-refractivity contribution in [3.63, 3.8) is 0 Å². The first-order chi connectivity index (χ1) is 12.2. The Morgan fingerprint density at radius 1 is 1.00 bits per heavy atom. The first-order valence-corrected chi connectivity index (χ1v) is 10.4. The third-order valence-corrected chi connectivity index (χ3v) is 5.98. The van der Waals surface area contributed by atoms with E-state index in [2.05, 4.69) is 22.4 Å². The molecule has 25 heavy (non-hydrogen) atoms. The molecule has 0 atom stereocenters. The lowest BCUT2D eigenvalue weighted by atomic mass is 9.49. The van der Waals surface area contributed by atoms with Crippen molar-refractivity contribution in [1.29, 1.82) is 0 Å². The first kappa shape index (κ1) is 18.5. The van der Waals surface area contributed by atoms with Crippen LogP contribution in [0.4, 0.5) is 5.69 Å². The molecule has 1 aromatic heterocycles. The van der Waals surface area contributed by atoms with Crippen LogP contribution in [-0.2, 0) is 4.79 Å². The summed E-state index contributed by atoms with van der Waals surface area (Å²) in [4.78, 5) is 11.1. The molecule has 0 unspecified atom stereocenters. The molecule has 2 fully saturated rings. The predicted octanol–water partition coefficient (Wildman–Crippen LogP) is 5.37. The quantitative estimate of drug-likeness (QED) is 0.748. The van der Waals surface area contributed by atoms with Gasteiger partial charge in [0.2, 0.25) is 5.91 Å². The van der Waals surface area contributed by atoms with Crippen molar-refractivity contribution in [2.75, 3.05) is 5.32 Å². The molecular weight excluding hydrogens is 309 g/mol. The van der Waals surface area contributed by atoms with E-state index < -0.39 is 0 Å². The summed E-state index contributed by atoms with van der Waals surface area (Å²) in [5.74, 6) is 1.62. The second-order valence-electron chi connectivity index (χ2n) is 8.11. The fourth-order valence-electron chi connectivity index (χ4n) is 4.61. The molecular formula is C20H33BN3O. The smallest absolute Gasteiger partial charge is 0.221 e. The maximum absolute atomic E-state index is 11.1. The summed E-state index contributed by atoms with van der Waals surface area (Å²) in [5.41, 5.74) is 0.812. The highest BCUT2D eigenvalue weighted by atomic mass is 16.1. The number of nitrogens with zero attached hydrogens (tertiary/aromatic N) is 2. The van der Waals surface area contributed by atoms with Gasteiger partial charge in [0.25, 0.3) is 0 Å². The predicted molar refractivity (Wildman–Crippen MR) is 104 cm³/mol. The number of aromatic nitrogens is 2. The first-order valence-electron chi connectivity index (χ1n) is 10.4. The average molecular weight is 342 g/mol. The molecule has 2 aliphatic carbocycles. The maximum Gasteiger partial charge on any atom is 0.221 e. The second-order valence-corrected chi connectivity index (χ2v) is 8.11. The number of carbonyl (C=O) groups is 1. The summed E-state index contributed by atoms with van der Waals surface area (Å²) in [6, 6.07) is 0.493. The molecule has 0 spiro atoms. The third kappa shape index (κ3) is 5.90. The Bertz CT molecular complexity index is 527. The number of carbonyl (C=O) groups excluding carboxylic acids is 1. The zero-order valence-electron chi connectivity index (χ0n) is 15.8. The van der Waals surface area contributed by atoms with E-state index in [-0.39, 0.29) is 5.91 Å². The van der Waals surface area contributed by atoms with Crippen LogP contribution in [-0.4, -0.2) is 23.0 Å². The third-order valence-electron chi connectivity index (χ3n) is 5.98. The fourth-order valence-corrected chi connectivity index (χ4v) is 4.61. The van der Waals surface area contributed by atoms with Gasteiger partial charge in [-0.1, -0.05) is 75.8 Å². The monoisotopic (exact) mass is 342 g/mol. The molecule has 1 heterocycles. The molecule has 4 nitrogen and oxygen atoms in total. The minimum atomic E-state index is -0.0344. The second kappa shape index (κ2) is 9.44. The van der Waals surface area contributed by atoms with Crippen molar-refractivity contribution in [1.82, 2.24) is 9.78 Å². The number of hydrogen-bond acceptors (Lipinski definition) is 2. The standard InChI is InChI=1S/C20H33BN3O/c1-16(25)23-19-14-22-24(15-19)20-12-10-18(11-13-20)21-17-8-6-4-2-3-5-7-9-17/h14-15,17-18,20H,2-13H2,1H3,(H,23,25). The number of anilines is 1. The largest absolute Gasteiger partial charge is 0.324 e. The molecule has 1 radical (unpaired) electrons. The van der Waals surface area contributed by atoms with Gasteiger partial charge in [-0.25, -0.2) is 0 Å². The molecule has 2 aliphatic rings. The molecule has 0 aromatic carbocycles. The van der Waals surface area contributed by atoms with Gasteiger partial charge in [-0.05, 0) is 12.8 Å². The van der Waals surface area contributed by atoms with Crippen molar-refractivity contribution in [3.8, 4) is 0 Å². The van der Waals surface area contributed by atoms with Crippen LogP contribution < -0.4 is 5.32 Å². The van der Waals surface area contributed by atoms with Crippen LogP contribution in [0, 0.1) is 0 Å². The molecule has 0 saturated heterocycles. The normalized spacial score (nSPS) is 26.3. The summed E-state index contributed by atoms with van der Waals surface area (Å²) in [7, 11) is 2.72. The molecule has 0 bridgehead atoms. The topological polar surface area (TPSA) is 46.9 Å². The number of rotatable bonds is 4. The SMILES string of the molecule is CC(=O)Nc1cnn(C2CCC([B]C3CCCCCCCC3)CC2)c1. The van der Waals surface area contributed by atoms with E-state index in [9.17, 15) is 4.79 Å². The summed E-state index contributed by atoms with van der Waals surface area (Å²) >= 11 is 0. The Balaban J connectivity index is 1.44. The molecule has 1 amide bonds. The van der Waals surface area contributed by atoms with Crippen LogP contribution in [0.15, 0.2) is 12.4 Å². The molecule has 137 valence electrons. The van der Waals surface area contributed by atoms with E-state index in [0.717, 1.165) is 17.3 Å². The molecule has 1 N–H and O–H groups in total. The van der Waals surface area contributed by atoms with Crippen LogP contribution in [0.5, 0.6) is 0 Å². The molecule has 0 aliphatic heterocycles. The summed E-state index contributed by atoms with van der Waals surface area (Å²) < 4.78 is 2.06. The van der Waals surface area contributed by atoms with Gasteiger partial charge in [-0.2, -0.15) is 5.10 Å². The highest BCUT2D eigenvalue weighted by molar-refractivity contribution is 6.39. The van der Waals surface area contributed by atoms with E-state index in [4.69, 9.17) is 0 Å². The molecule has 3 rings (SSSR count). The lowest BCUT2D eigenvalue weighted by Crippen LogP contribution is -2.21. The van der Waals surface area contributed by atoms with Crippen molar-refractivity contribution >= 4 is 18.9 Å². The molecule has 2 saturated carbocycles. The minimum absolute atomic E-state index is 0.0344. The minimum Gasteiger partial charge on any atom is -0.324 e. The van der Waals surface area contributed by atoms with E-state index in [0.29, 0.717) is 6.04 Å². The average Bonchev–Trinajstić information content (AvgIpc) is 3.08. The van der Waals surface area contributed by atoms with Gasteiger partial charge in [0.15, 0.2) is 0 Å². The van der Waals surface area contributed by atoms with Crippen molar-refractivity contribution in [3.05, 3.63) is 12.4 Å². The fraction of sp³-hybridized carbons (Fsp3) is 0.800. The molecule has 5 heteroatoms. The Kier molecular flexibility index (Phi) is 7.00. The van der Waals surface area contributed by atoms with Gasteiger partial charge >= 0.3 is 0 Å². The number of nitrogens with one attached hydrogen (secondary N) is 1. The zero-order chi connectivity index (χ0) is 17.5. The molecule has 1 aromatic rings. The van der Waals surface area contributed by atoms with Gasteiger partial charge in [-0.3, -0.25) is 9.48 Å². The Hall–Kier alpha value is -1.26. The van der Waals surface area contributed by atoms with Gasteiger partial charge in [-0.15, -0.1) is 0 Å².